The molecule has 116 valence electrons. The Morgan fingerprint density at radius 3 is 1.76 bits per heavy atom. The molecule has 6 nitrogen and oxygen atoms in total. The summed E-state index contributed by atoms with van der Waals surface area (Å²) < 4.78 is 11.1. The summed E-state index contributed by atoms with van der Waals surface area (Å²) in [4.78, 5) is 34.7. The smallest absolute Gasteiger partial charge is 0.309 e. The van der Waals surface area contributed by atoms with E-state index in [9.17, 15) is 19.5 Å². The molecule has 4 aliphatic rings. The van der Waals surface area contributed by atoms with Crippen molar-refractivity contribution in [1.82, 2.24) is 0 Å². The first-order valence-corrected chi connectivity index (χ1v) is 7.31. The maximum atomic E-state index is 11.8. The molecule has 4 fully saturated rings. The van der Waals surface area contributed by atoms with Crippen LogP contribution in [-0.4, -0.2) is 34.2 Å². The molecular weight excluding hydrogens is 276 g/mol. The topological polar surface area (TPSA) is 89.9 Å². The third-order valence-electron chi connectivity index (χ3n) is 5.14. The maximum Gasteiger partial charge on any atom is 0.309 e. The van der Waals surface area contributed by atoms with Crippen LogP contribution >= 0.6 is 0 Å². The summed E-state index contributed by atoms with van der Waals surface area (Å²) in [5, 5.41) is 9.69. The molecule has 0 aliphatic heterocycles. The molecule has 2 atom stereocenters. The zero-order chi connectivity index (χ0) is 15.5. The third-order valence-corrected chi connectivity index (χ3v) is 5.14. The molecule has 2 unspecified atom stereocenters. The molecule has 1 N–H and O–H groups in total. The minimum absolute atomic E-state index is 0.121. The van der Waals surface area contributed by atoms with Crippen molar-refractivity contribution in [2.75, 3.05) is 0 Å². The van der Waals surface area contributed by atoms with Gasteiger partial charge >= 0.3 is 17.9 Å². The Morgan fingerprint density at radius 2 is 1.38 bits per heavy atom. The van der Waals surface area contributed by atoms with Crippen molar-refractivity contribution in [3.05, 3.63) is 0 Å². The summed E-state index contributed by atoms with van der Waals surface area (Å²) in [7, 11) is 0. The normalized spacial score (nSPS) is 43.4. The number of hydrogen-bond donors (Lipinski definition) is 1. The highest BCUT2D eigenvalue weighted by molar-refractivity contribution is 5.77. The average molecular weight is 296 g/mol. The lowest BCUT2D eigenvalue weighted by Crippen LogP contribution is -2.67. The Morgan fingerprint density at radius 1 is 0.905 bits per heavy atom. The van der Waals surface area contributed by atoms with Crippen LogP contribution in [0.2, 0.25) is 0 Å². The van der Waals surface area contributed by atoms with Crippen LogP contribution in [0.15, 0.2) is 0 Å². The second-order valence-electron chi connectivity index (χ2n) is 7.15. The molecule has 0 aromatic rings. The fraction of sp³-hybridized carbons (Fsp3) is 0.800. The van der Waals surface area contributed by atoms with Gasteiger partial charge in [-0.3, -0.25) is 14.4 Å². The first-order valence-electron chi connectivity index (χ1n) is 7.31. The molecule has 0 saturated heterocycles. The van der Waals surface area contributed by atoms with Crippen LogP contribution in [0.1, 0.15) is 52.4 Å². The van der Waals surface area contributed by atoms with Gasteiger partial charge in [-0.2, -0.15) is 0 Å². The van der Waals surface area contributed by atoms with E-state index in [0.717, 1.165) is 0 Å². The lowest BCUT2D eigenvalue weighted by molar-refractivity contribution is -0.251. The molecule has 0 aromatic carbocycles. The van der Waals surface area contributed by atoms with Gasteiger partial charge in [-0.25, -0.2) is 0 Å². The molecule has 0 amide bonds. The van der Waals surface area contributed by atoms with Crippen molar-refractivity contribution in [3.63, 3.8) is 0 Å². The van der Waals surface area contributed by atoms with Crippen LogP contribution in [0.4, 0.5) is 0 Å². The SMILES string of the molecule is CC(=O)OC12CC3CC(OC(C)=O)(C1)CC(C(=O)O)(C3)C2. The molecular formula is C15H20O6. The van der Waals surface area contributed by atoms with E-state index in [-0.39, 0.29) is 5.92 Å². The predicted molar refractivity (Wildman–Crippen MR) is 70.3 cm³/mol. The van der Waals surface area contributed by atoms with Crippen molar-refractivity contribution in [3.8, 4) is 0 Å². The number of carbonyl (C=O) groups is 3. The van der Waals surface area contributed by atoms with Crippen molar-refractivity contribution in [2.24, 2.45) is 11.3 Å². The van der Waals surface area contributed by atoms with Crippen LogP contribution < -0.4 is 0 Å². The van der Waals surface area contributed by atoms with Crippen LogP contribution in [0.5, 0.6) is 0 Å². The monoisotopic (exact) mass is 296 g/mol. The van der Waals surface area contributed by atoms with Crippen LogP contribution in [0.25, 0.3) is 0 Å². The quantitative estimate of drug-likeness (QED) is 0.797. The molecule has 6 heteroatoms. The number of rotatable bonds is 3. The highest BCUT2D eigenvalue weighted by Gasteiger charge is 2.69. The second kappa shape index (κ2) is 4.21. The number of aliphatic carboxylic acids is 1. The van der Waals surface area contributed by atoms with Gasteiger partial charge in [0, 0.05) is 33.1 Å². The highest BCUT2D eigenvalue weighted by Crippen LogP contribution is 2.65. The van der Waals surface area contributed by atoms with Gasteiger partial charge in [-0.15, -0.1) is 0 Å². The molecule has 0 radical (unpaired) electrons. The summed E-state index contributed by atoms with van der Waals surface area (Å²) in [5.74, 6) is -1.57. The molecule has 4 rings (SSSR count). The lowest BCUT2D eigenvalue weighted by atomic mass is 9.46. The second-order valence-corrected chi connectivity index (χ2v) is 7.15. The standard InChI is InChI=1S/C15H20O6/c1-9(16)20-14-4-11-3-13(6-14,12(18)19)7-15(5-11,8-14)21-10(2)17/h11H,3-8H2,1-2H3,(H,18,19). The van der Waals surface area contributed by atoms with E-state index < -0.39 is 34.5 Å². The van der Waals surface area contributed by atoms with Gasteiger partial charge < -0.3 is 14.6 Å². The van der Waals surface area contributed by atoms with E-state index in [4.69, 9.17) is 9.47 Å². The molecule has 21 heavy (non-hydrogen) atoms. The van der Waals surface area contributed by atoms with Crippen molar-refractivity contribution < 1.29 is 29.0 Å². The Balaban J connectivity index is 2.01. The zero-order valence-corrected chi connectivity index (χ0v) is 12.3. The van der Waals surface area contributed by atoms with E-state index in [0.29, 0.717) is 38.5 Å². The van der Waals surface area contributed by atoms with Gasteiger partial charge in [0.05, 0.1) is 5.41 Å². The van der Waals surface area contributed by atoms with E-state index >= 15 is 0 Å². The Bertz CT molecular complexity index is 492. The van der Waals surface area contributed by atoms with Crippen LogP contribution in [0.3, 0.4) is 0 Å². The molecule has 4 aliphatic carbocycles. The summed E-state index contributed by atoms with van der Waals surface area (Å²) >= 11 is 0. The number of carbonyl (C=O) groups excluding carboxylic acids is 2. The number of ether oxygens (including phenoxy) is 2. The van der Waals surface area contributed by atoms with E-state index in [1.807, 2.05) is 0 Å². The first kappa shape index (κ1) is 14.4. The highest BCUT2D eigenvalue weighted by atomic mass is 16.6. The first-order chi connectivity index (χ1) is 9.68. The fourth-order valence-electron chi connectivity index (χ4n) is 5.34. The minimum Gasteiger partial charge on any atom is -0.481 e. The van der Waals surface area contributed by atoms with E-state index in [2.05, 4.69) is 0 Å². The van der Waals surface area contributed by atoms with Crippen molar-refractivity contribution in [1.29, 1.82) is 0 Å². The minimum atomic E-state index is -0.940. The maximum absolute atomic E-state index is 11.8. The van der Waals surface area contributed by atoms with Gasteiger partial charge in [0.15, 0.2) is 0 Å². The zero-order valence-electron chi connectivity index (χ0n) is 12.3. The summed E-state index contributed by atoms with van der Waals surface area (Å²) in [6, 6.07) is 0. The molecule has 4 bridgehead atoms. The summed E-state index contributed by atoms with van der Waals surface area (Å²) in [5.41, 5.74) is -2.53. The molecule has 4 saturated carbocycles. The Labute approximate surface area is 122 Å². The summed E-state index contributed by atoms with van der Waals surface area (Å²) in [6.45, 7) is 2.68. The Kier molecular flexibility index (Phi) is 2.88. The average Bonchev–Trinajstić information content (AvgIpc) is 2.22. The van der Waals surface area contributed by atoms with E-state index in [1.54, 1.807) is 0 Å². The number of carboxylic acids is 1. The molecule has 0 aromatic heterocycles. The summed E-state index contributed by atoms with van der Waals surface area (Å²) in [6.07, 6.45) is 3.00. The van der Waals surface area contributed by atoms with Gasteiger partial charge in [0.2, 0.25) is 0 Å². The van der Waals surface area contributed by atoms with Crippen molar-refractivity contribution in [2.45, 2.75) is 63.6 Å². The molecule has 0 heterocycles. The third kappa shape index (κ3) is 2.21. The fourth-order valence-corrected chi connectivity index (χ4v) is 5.34. The Hall–Kier alpha value is -1.59. The van der Waals surface area contributed by atoms with E-state index in [1.165, 1.54) is 13.8 Å². The lowest BCUT2D eigenvalue weighted by Gasteiger charge is -2.63. The number of hydrogen-bond acceptors (Lipinski definition) is 5. The number of esters is 2. The van der Waals surface area contributed by atoms with Crippen molar-refractivity contribution >= 4 is 17.9 Å². The van der Waals surface area contributed by atoms with Crippen LogP contribution in [-0.2, 0) is 23.9 Å². The number of carboxylic acid groups (broad SMARTS) is 1. The van der Waals surface area contributed by atoms with Gasteiger partial charge in [-0.05, 0) is 25.2 Å². The van der Waals surface area contributed by atoms with Gasteiger partial charge in [0.1, 0.15) is 11.2 Å². The molecule has 0 spiro atoms. The predicted octanol–water partition coefficient (Wildman–Crippen LogP) is 1.66. The van der Waals surface area contributed by atoms with Gasteiger partial charge in [0.25, 0.3) is 0 Å². The van der Waals surface area contributed by atoms with Gasteiger partial charge in [-0.1, -0.05) is 0 Å². The van der Waals surface area contributed by atoms with Crippen LogP contribution in [0, 0.1) is 11.3 Å². The largest absolute Gasteiger partial charge is 0.481 e.